The molecule has 0 radical (unpaired) electrons. The van der Waals surface area contributed by atoms with Crippen molar-refractivity contribution in [3.8, 4) is 0 Å². The van der Waals surface area contributed by atoms with E-state index in [1.807, 2.05) is 0 Å². The minimum absolute atomic E-state index is 0.287. The van der Waals surface area contributed by atoms with Crippen molar-refractivity contribution in [3.05, 3.63) is 0 Å². The molecule has 3 nitrogen and oxygen atoms in total. The van der Waals surface area contributed by atoms with Crippen molar-refractivity contribution >= 4 is 0 Å². The van der Waals surface area contributed by atoms with Crippen molar-refractivity contribution in [2.24, 2.45) is 5.73 Å². The van der Waals surface area contributed by atoms with Gasteiger partial charge < -0.3 is 15.2 Å². The maximum Gasteiger partial charge on any atom is 0.0814 e. The number of rotatable bonds is 4. The third-order valence-electron chi connectivity index (χ3n) is 3.03. The molecule has 0 aromatic carbocycles. The summed E-state index contributed by atoms with van der Waals surface area (Å²) in [7, 11) is 0. The van der Waals surface area contributed by atoms with Gasteiger partial charge in [-0.3, -0.25) is 0 Å². The number of nitrogens with two attached hydrogens (primary N) is 1. The molecule has 13 heavy (non-hydrogen) atoms. The highest BCUT2D eigenvalue weighted by molar-refractivity contribution is 4.75. The van der Waals surface area contributed by atoms with Gasteiger partial charge in [-0.2, -0.15) is 0 Å². The third-order valence-corrected chi connectivity index (χ3v) is 3.03. The van der Waals surface area contributed by atoms with Crippen LogP contribution < -0.4 is 5.73 Å². The molecule has 1 saturated heterocycles. The van der Waals surface area contributed by atoms with Crippen LogP contribution in [-0.4, -0.2) is 31.5 Å². The summed E-state index contributed by atoms with van der Waals surface area (Å²) in [5.41, 5.74) is 5.52. The third kappa shape index (κ3) is 2.42. The minimum atomic E-state index is 0.287. The molecule has 3 heteroatoms. The first-order valence-electron chi connectivity index (χ1n) is 5.35. The highest BCUT2D eigenvalue weighted by Gasteiger charge is 2.26. The second-order valence-corrected chi connectivity index (χ2v) is 4.08. The zero-order valence-corrected chi connectivity index (χ0v) is 8.08. The zero-order chi connectivity index (χ0) is 9.10. The predicted octanol–water partition coefficient (Wildman–Crippen LogP) is 1.06. The second kappa shape index (κ2) is 4.40. The quantitative estimate of drug-likeness (QED) is 0.712. The molecule has 0 aromatic heterocycles. The van der Waals surface area contributed by atoms with E-state index in [2.05, 4.69) is 0 Å². The first-order chi connectivity index (χ1) is 6.38. The maximum atomic E-state index is 5.69. The average Bonchev–Trinajstić information content (AvgIpc) is 2.49. The largest absolute Gasteiger partial charge is 0.376 e. The van der Waals surface area contributed by atoms with Crippen molar-refractivity contribution in [1.82, 2.24) is 0 Å². The molecule has 1 heterocycles. The Labute approximate surface area is 79.6 Å². The van der Waals surface area contributed by atoms with Crippen LogP contribution in [0.4, 0.5) is 0 Å². The Morgan fingerprint density at radius 3 is 2.46 bits per heavy atom. The van der Waals surface area contributed by atoms with E-state index < -0.39 is 0 Å². The summed E-state index contributed by atoms with van der Waals surface area (Å²) in [5.74, 6) is 0. The van der Waals surface area contributed by atoms with Gasteiger partial charge in [0.2, 0.25) is 0 Å². The Morgan fingerprint density at radius 1 is 1.15 bits per heavy atom. The molecule has 2 unspecified atom stereocenters. The summed E-state index contributed by atoms with van der Waals surface area (Å²) in [6.45, 7) is 1.43. The maximum absolute atomic E-state index is 5.69. The van der Waals surface area contributed by atoms with Crippen LogP contribution in [0.1, 0.15) is 32.1 Å². The Morgan fingerprint density at radius 2 is 1.92 bits per heavy atom. The van der Waals surface area contributed by atoms with Crippen molar-refractivity contribution in [3.63, 3.8) is 0 Å². The topological polar surface area (TPSA) is 44.5 Å². The van der Waals surface area contributed by atoms with Crippen LogP contribution in [0.5, 0.6) is 0 Å². The molecule has 2 fully saturated rings. The molecular weight excluding hydrogens is 166 g/mol. The van der Waals surface area contributed by atoms with Gasteiger partial charge in [0.25, 0.3) is 0 Å². The van der Waals surface area contributed by atoms with Crippen molar-refractivity contribution in [2.45, 2.75) is 50.4 Å². The van der Waals surface area contributed by atoms with Gasteiger partial charge in [-0.15, -0.1) is 0 Å². The average molecular weight is 185 g/mol. The smallest absolute Gasteiger partial charge is 0.0814 e. The lowest BCUT2D eigenvalue weighted by molar-refractivity contribution is -0.0616. The molecule has 2 atom stereocenters. The van der Waals surface area contributed by atoms with Gasteiger partial charge in [0.05, 0.1) is 24.9 Å². The van der Waals surface area contributed by atoms with Gasteiger partial charge >= 0.3 is 0 Å². The van der Waals surface area contributed by atoms with E-state index in [1.54, 1.807) is 0 Å². The van der Waals surface area contributed by atoms with Gasteiger partial charge in [-0.1, -0.05) is 0 Å². The molecular formula is C10H19NO2. The van der Waals surface area contributed by atoms with Crippen molar-refractivity contribution in [2.75, 3.05) is 13.2 Å². The standard InChI is InChI=1S/C10H19NO2/c11-6-9-4-5-10(13-9)7-12-8-2-1-3-8/h8-10H,1-7,11H2. The molecule has 1 aliphatic carbocycles. The molecule has 0 amide bonds. The van der Waals surface area contributed by atoms with Gasteiger partial charge in [0.1, 0.15) is 0 Å². The van der Waals surface area contributed by atoms with Crippen LogP contribution in [0.2, 0.25) is 0 Å². The summed E-state index contributed by atoms with van der Waals surface area (Å²) in [4.78, 5) is 0. The number of ether oxygens (including phenoxy) is 2. The highest BCUT2D eigenvalue weighted by atomic mass is 16.5. The molecule has 2 N–H and O–H groups in total. The SMILES string of the molecule is NCC1CCC(COC2CCC2)O1. The lowest BCUT2D eigenvalue weighted by Gasteiger charge is -2.26. The van der Waals surface area contributed by atoms with Gasteiger partial charge in [0.15, 0.2) is 0 Å². The predicted molar refractivity (Wildman–Crippen MR) is 50.5 cm³/mol. The van der Waals surface area contributed by atoms with E-state index in [0.29, 0.717) is 18.8 Å². The molecule has 1 aliphatic heterocycles. The zero-order valence-electron chi connectivity index (χ0n) is 8.08. The Balaban J connectivity index is 1.59. The van der Waals surface area contributed by atoms with E-state index >= 15 is 0 Å². The van der Waals surface area contributed by atoms with E-state index in [9.17, 15) is 0 Å². The summed E-state index contributed by atoms with van der Waals surface area (Å²) in [6.07, 6.45) is 7.18. The second-order valence-electron chi connectivity index (χ2n) is 4.08. The van der Waals surface area contributed by atoms with Crippen LogP contribution in [0.15, 0.2) is 0 Å². The van der Waals surface area contributed by atoms with Crippen LogP contribution >= 0.6 is 0 Å². The first kappa shape index (κ1) is 9.44. The molecule has 0 aromatic rings. The monoisotopic (exact) mass is 185 g/mol. The molecule has 2 rings (SSSR count). The fourth-order valence-corrected chi connectivity index (χ4v) is 1.86. The van der Waals surface area contributed by atoms with Gasteiger partial charge in [-0.05, 0) is 32.1 Å². The van der Waals surface area contributed by atoms with Crippen molar-refractivity contribution in [1.29, 1.82) is 0 Å². The lowest BCUT2D eigenvalue weighted by Crippen LogP contribution is -2.28. The molecule has 0 bridgehead atoms. The number of hydrogen-bond acceptors (Lipinski definition) is 3. The molecule has 0 spiro atoms. The van der Waals surface area contributed by atoms with E-state index in [1.165, 1.54) is 19.3 Å². The first-order valence-corrected chi connectivity index (χ1v) is 5.35. The fourth-order valence-electron chi connectivity index (χ4n) is 1.86. The summed E-state index contributed by atoms with van der Waals surface area (Å²) < 4.78 is 11.4. The summed E-state index contributed by atoms with van der Waals surface area (Å²) >= 11 is 0. The van der Waals surface area contributed by atoms with Crippen LogP contribution in [0.3, 0.4) is 0 Å². The fraction of sp³-hybridized carbons (Fsp3) is 1.00. The van der Waals surface area contributed by atoms with Crippen LogP contribution in [0, 0.1) is 0 Å². The van der Waals surface area contributed by atoms with E-state index in [-0.39, 0.29) is 6.10 Å². The van der Waals surface area contributed by atoms with Crippen LogP contribution in [-0.2, 0) is 9.47 Å². The van der Waals surface area contributed by atoms with Crippen molar-refractivity contribution < 1.29 is 9.47 Å². The Hall–Kier alpha value is -0.120. The summed E-state index contributed by atoms with van der Waals surface area (Å²) in [5, 5.41) is 0. The highest BCUT2D eigenvalue weighted by Crippen LogP contribution is 2.24. The van der Waals surface area contributed by atoms with Crippen LogP contribution in [0.25, 0.3) is 0 Å². The molecule has 1 saturated carbocycles. The lowest BCUT2D eigenvalue weighted by atomic mass is 9.96. The molecule has 76 valence electrons. The summed E-state index contributed by atoms with van der Waals surface area (Å²) in [6, 6.07) is 0. The Kier molecular flexibility index (Phi) is 3.19. The molecule has 2 aliphatic rings. The number of hydrogen-bond donors (Lipinski definition) is 1. The van der Waals surface area contributed by atoms with Gasteiger partial charge in [0, 0.05) is 6.54 Å². The van der Waals surface area contributed by atoms with E-state index in [4.69, 9.17) is 15.2 Å². The van der Waals surface area contributed by atoms with E-state index in [0.717, 1.165) is 19.4 Å². The van der Waals surface area contributed by atoms with Gasteiger partial charge in [-0.25, -0.2) is 0 Å². The normalized spacial score (nSPS) is 34.8. The Bertz CT molecular complexity index is 159. The minimum Gasteiger partial charge on any atom is -0.376 e.